The van der Waals surface area contributed by atoms with Crippen molar-refractivity contribution in [2.24, 2.45) is 0 Å². The topological polar surface area (TPSA) is 118 Å². The number of nitrogens with zero attached hydrogens (tertiary/aromatic N) is 3. The van der Waals surface area contributed by atoms with Crippen LogP contribution in [0.15, 0.2) is 48.7 Å². The molecule has 1 aromatic heterocycles. The van der Waals surface area contributed by atoms with Gasteiger partial charge in [0, 0.05) is 43.5 Å². The molecule has 0 saturated carbocycles. The number of halogens is 4. The summed E-state index contributed by atoms with van der Waals surface area (Å²) in [6.07, 6.45) is -4.41. The van der Waals surface area contributed by atoms with E-state index >= 15 is 0 Å². The zero-order valence-electron chi connectivity index (χ0n) is 26.9. The van der Waals surface area contributed by atoms with E-state index in [-0.39, 0.29) is 35.3 Å². The van der Waals surface area contributed by atoms with Gasteiger partial charge in [-0.05, 0) is 57.9 Å². The minimum Gasteiger partial charge on any atom is -0.480 e. The molecule has 14 heteroatoms. The standard InChI is InChI=1S/C33H41ClF3N5O5/c1-5-42-19-27(40-31(42)32(3,4)45)23-8-6-22(7-9-23)16-25(18-38-29(43)20-41-12-14-46-15-13-41)39-30(44)24-10-11-28(26(34)17-24)47-21(2)33(35,36)37/h6-11,17,19,21,25,45H,5,12-16,18,20H2,1-4H3,(H,38,43)(H,39,44)/t21-,25-/m1/s1. The number of morpholine rings is 1. The lowest BCUT2D eigenvalue weighted by molar-refractivity contribution is -0.189. The Kier molecular flexibility index (Phi) is 11.9. The molecule has 1 aliphatic heterocycles. The number of carbonyl (C=O) groups is 2. The maximum Gasteiger partial charge on any atom is 0.425 e. The third-order valence-electron chi connectivity index (χ3n) is 7.71. The molecule has 10 nitrogen and oxygen atoms in total. The molecule has 2 aromatic carbocycles. The molecule has 4 rings (SSSR count). The zero-order valence-corrected chi connectivity index (χ0v) is 27.6. The van der Waals surface area contributed by atoms with Crippen LogP contribution in [0.25, 0.3) is 11.3 Å². The van der Waals surface area contributed by atoms with Crippen molar-refractivity contribution in [1.82, 2.24) is 25.1 Å². The molecule has 2 amide bonds. The number of aliphatic hydroxyl groups is 1. The summed E-state index contributed by atoms with van der Waals surface area (Å²) in [5, 5.41) is 16.2. The molecule has 2 heterocycles. The van der Waals surface area contributed by atoms with Crippen molar-refractivity contribution in [3.63, 3.8) is 0 Å². The Hall–Kier alpha value is -3.65. The average Bonchev–Trinajstić information content (AvgIpc) is 3.47. The number of carbonyl (C=O) groups excluding carboxylic acids is 2. The van der Waals surface area contributed by atoms with Crippen LogP contribution in [-0.4, -0.2) is 89.1 Å². The number of rotatable bonds is 13. The van der Waals surface area contributed by atoms with Crippen molar-refractivity contribution in [3.8, 4) is 17.0 Å². The van der Waals surface area contributed by atoms with Crippen LogP contribution in [0.1, 0.15) is 49.4 Å². The van der Waals surface area contributed by atoms with Gasteiger partial charge < -0.3 is 29.8 Å². The molecule has 47 heavy (non-hydrogen) atoms. The van der Waals surface area contributed by atoms with Crippen LogP contribution in [0.3, 0.4) is 0 Å². The van der Waals surface area contributed by atoms with Gasteiger partial charge in [-0.25, -0.2) is 4.98 Å². The van der Waals surface area contributed by atoms with Crippen molar-refractivity contribution >= 4 is 23.4 Å². The van der Waals surface area contributed by atoms with Crippen LogP contribution in [-0.2, 0) is 28.1 Å². The summed E-state index contributed by atoms with van der Waals surface area (Å²) in [5.41, 5.74) is 1.45. The maximum atomic E-state index is 13.3. The van der Waals surface area contributed by atoms with Gasteiger partial charge in [0.05, 0.1) is 36.5 Å². The predicted octanol–water partition coefficient (Wildman–Crippen LogP) is 4.57. The van der Waals surface area contributed by atoms with Crippen LogP contribution < -0.4 is 15.4 Å². The summed E-state index contributed by atoms with van der Waals surface area (Å²) >= 11 is 6.18. The van der Waals surface area contributed by atoms with Gasteiger partial charge in [-0.3, -0.25) is 14.5 Å². The molecular weight excluding hydrogens is 639 g/mol. The monoisotopic (exact) mass is 679 g/mol. The Morgan fingerprint density at radius 2 is 1.81 bits per heavy atom. The highest BCUT2D eigenvalue weighted by molar-refractivity contribution is 6.32. The minimum atomic E-state index is -4.58. The van der Waals surface area contributed by atoms with Crippen molar-refractivity contribution < 1.29 is 37.3 Å². The van der Waals surface area contributed by atoms with E-state index in [1.807, 2.05) is 46.9 Å². The van der Waals surface area contributed by atoms with E-state index in [1.165, 1.54) is 18.2 Å². The van der Waals surface area contributed by atoms with Crippen LogP contribution in [0, 0.1) is 0 Å². The lowest BCUT2D eigenvalue weighted by Gasteiger charge is -2.26. The van der Waals surface area contributed by atoms with Crippen LogP contribution in [0.2, 0.25) is 5.02 Å². The fourth-order valence-electron chi connectivity index (χ4n) is 5.07. The van der Waals surface area contributed by atoms with Crippen molar-refractivity contribution in [1.29, 1.82) is 0 Å². The Morgan fingerprint density at radius 1 is 1.13 bits per heavy atom. The molecule has 0 aliphatic carbocycles. The molecule has 1 saturated heterocycles. The van der Waals surface area contributed by atoms with Crippen molar-refractivity contribution in [2.45, 2.75) is 64.6 Å². The summed E-state index contributed by atoms with van der Waals surface area (Å²) < 4.78 is 51.0. The smallest absolute Gasteiger partial charge is 0.425 e. The van der Waals surface area contributed by atoms with Crippen molar-refractivity contribution in [2.75, 3.05) is 39.4 Å². The number of nitrogens with one attached hydrogen (secondary N) is 2. The average molecular weight is 680 g/mol. The molecule has 1 aliphatic rings. The normalized spacial score (nSPS) is 15.6. The molecule has 1 fully saturated rings. The Labute approximate surface area is 277 Å². The maximum absolute atomic E-state index is 13.3. The molecular formula is C33H41ClF3N5O5. The number of benzene rings is 2. The highest BCUT2D eigenvalue weighted by Crippen LogP contribution is 2.31. The number of alkyl halides is 3. The first-order valence-electron chi connectivity index (χ1n) is 15.4. The van der Waals surface area contributed by atoms with E-state index in [4.69, 9.17) is 21.1 Å². The van der Waals surface area contributed by atoms with Gasteiger partial charge in [-0.2, -0.15) is 13.2 Å². The molecule has 2 atom stereocenters. The molecule has 0 bridgehead atoms. The summed E-state index contributed by atoms with van der Waals surface area (Å²) in [6.45, 7) is 9.60. The van der Waals surface area contributed by atoms with E-state index in [0.29, 0.717) is 50.8 Å². The van der Waals surface area contributed by atoms with Crippen LogP contribution in [0.4, 0.5) is 13.2 Å². The third kappa shape index (κ3) is 10.2. The molecule has 0 spiro atoms. The SMILES string of the molecule is CCn1cc(-c2ccc(C[C@H](CNC(=O)CN3CCOCC3)NC(=O)c3ccc(O[C@H](C)C(F)(F)F)c(Cl)c3)cc2)nc1C(C)(C)O. The van der Waals surface area contributed by atoms with E-state index in [0.717, 1.165) is 18.1 Å². The van der Waals surface area contributed by atoms with E-state index in [2.05, 4.69) is 15.6 Å². The summed E-state index contributed by atoms with van der Waals surface area (Å²) in [7, 11) is 0. The fraction of sp³-hybridized carbons (Fsp3) is 0.485. The highest BCUT2D eigenvalue weighted by atomic mass is 35.5. The van der Waals surface area contributed by atoms with Gasteiger partial charge in [0.2, 0.25) is 5.91 Å². The van der Waals surface area contributed by atoms with E-state index in [1.54, 1.807) is 13.8 Å². The lowest BCUT2D eigenvalue weighted by Crippen LogP contribution is -2.48. The largest absolute Gasteiger partial charge is 0.480 e. The number of ether oxygens (including phenoxy) is 2. The molecule has 256 valence electrons. The van der Waals surface area contributed by atoms with Gasteiger partial charge in [-0.15, -0.1) is 0 Å². The summed E-state index contributed by atoms with van der Waals surface area (Å²) in [6, 6.07) is 10.9. The van der Waals surface area contributed by atoms with E-state index in [9.17, 15) is 27.9 Å². The zero-order chi connectivity index (χ0) is 34.4. The number of hydrogen-bond acceptors (Lipinski definition) is 7. The molecule has 3 aromatic rings. The highest BCUT2D eigenvalue weighted by Gasteiger charge is 2.38. The first kappa shape index (κ1) is 36.2. The minimum absolute atomic E-state index is 0.121. The number of imidazole rings is 1. The third-order valence-corrected chi connectivity index (χ3v) is 8.00. The second kappa shape index (κ2) is 15.5. The first-order chi connectivity index (χ1) is 22.1. The fourth-order valence-corrected chi connectivity index (χ4v) is 5.30. The Morgan fingerprint density at radius 3 is 2.38 bits per heavy atom. The van der Waals surface area contributed by atoms with E-state index < -0.39 is 29.8 Å². The van der Waals surface area contributed by atoms with Gasteiger partial charge in [0.1, 0.15) is 17.2 Å². The van der Waals surface area contributed by atoms with Gasteiger partial charge in [0.25, 0.3) is 5.91 Å². The van der Waals surface area contributed by atoms with Crippen molar-refractivity contribution in [3.05, 3.63) is 70.6 Å². The number of aromatic nitrogens is 2. The Balaban J connectivity index is 1.48. The molecule has 0 unspecified atom stereocenters. The number of aryl methyl sites for hydroxylation is 1. The number of amides is 2. The van der Waals surface area contributed by atoms with Crippen LogP contribution >= 0.6 is 11.6 Å². The summed E-state index contributed by atoms with van der Waals surface area (Å²) in [4.78, 5) is 32.7. The van der Waals surface area contributed by atoms with Gasteiger partial charge in [-0.1, -0.05) is 35.9 Å². The second-order valence-electron chi connectivity index (χ2n) is 12.0. The quantitative estimate of drug-likeness (QED) is 0.242. The molecule has 3 N–H and O–H groups in total. The Bertz CT molecular complexity index is 1520. The molecule has 0 radical (unpaired) electrons. The van der Waals surface area contributed by atoms with Gasteiger partial charge >= 0.3 is 6.18 Å². The summed E-state index contributed by atoms with van der Waals surface area (Å²) in [5.74, 6) is -0.350. The predicted molar refractivity (Wildman–Crippen MR) is 171 cm³/mol. The lowest BCUT2D eigenvalue weighted by atomic mass is 10.0. The second-order valence-corrected chi connectivity index (χ2v) is 12.4. The number of hydrogen-bond donors (Lipinski definition) is 3. The van der Waals surface area contributed by atoms with Crippen LogP contribution in [0.5, 0.6) is 5.75 Å². The van der Waals surface area contributed by atoms with Gasteiger partial charge in [0.15, 0.2) is 6.10 Å². The first-order valence-corrected chi connectivity index (χ1v) is 15.8.